The van der Waals surface area contributed by atoms with Crippen molar-refractivity contribution < 1.29 is 0 Å². The van der Waals surface area contributed by atoms with Gasteiger partial charge in [0.15, 0.2) is 0 Å². The molecule has 0 aromatic carbocycles. The molecular formula is C16H27N3. The van der Waals surface area contributed by atoms with E-state index in [1.165, 1.54) is 12.8 Å². The molecule has 1 aromatic rings. The van der Waals surface area contributed by atoms with Crippen LogP contribution in [0.2, 0.25) is 0 Å². The molecule has 2 heterocycles. The molecule has 2 rings (SSSR count). The van der Waals surface area contributed by atoms with E-state index in [0.717, 1.165) is 30.4 Å². The zero-order chi connectivity index (χ0) is 14.0. The summed E-state index contributed by atoms with van der Waals surface area (Å²) >= 11 is 0. The predicted molar refractivity (Wildman–Crippen MR) is 81.2 cm³/mol. The second-order valence-corrected chi connectivity index (χ2v) is 6.83. The van der Waals surface area contributed by atoms with Gasteiger partial charge in [-0.3, -0.25) is 0 Å². The quantitative estimate of drug-likeness (QED) is 0.887. The number of piperidine rings is 1. The summed E-state index contributed by atoms with van der Waals surface area (Å²) in [5, 5.41) is 0. The molecule has 1 fully saturated rings. The summed E-state index contributed by atoms with van der Waals surface area (Å²) in [5.41, 5.74) is 7.63. The van der Waals surface area contributed by atoms with Crippen LogP contribution in [0.5, 0.6) is 0 Å². The first-order chi connectivity index (χ1) is 8.89. The molecule has 0 bridgehead atoms. The van der Waals surface area contributed by atoms with E-state index in [1.54, 1.807) is 0 Å². The highest BCUT2D eigenvalue weighted by molar-refractivity contribution is 5.48. The molecule has 3 heteroatoms. The molecule has 0 spiro atoms. The fourth-order valence-corrected chi connectivity index (χ4v) is 2.99. The molecule has 1 saturated heterocycles. The molecule has 1 aliphatic heterocycles. The average molecular weight is 261 g/mol. The summed E-state index contributed by atoms with van der Waals surface area (Å²) in [6.07, 6.45) is 4.37. The third kappa shape index (κ3) is 3.27. The Hall–Kier alpha value is -1.09. The van der Waals surface area contributed by atoms with Gasteiger partial charge in [0.25, 0.3) is 0 Å². The van der Waals surface area contributed by atoms with Crippen molar-refractivity contribution in [1.82, 2.24) is 4.98 Å². The summed E-state index contributed by atoms with van der Waals surface area (Å²) in [4.78, 5) is 6.96. The predicted octanol–water partition coefficient (Wildman–Crippen LogP) is 3.36. The minimum Gasteiger partial charge on any atom is -0.356 e. The summed E-state index contributed by atoms with van der Waals surface area (Å²) in [7, 11) is 0. The molecule has 3 nitrogen and oxygen atoms in total. The van der Waals surface area contributed by atoms with Gasteiger partial charge in [0.2, 0.25) is 0 Å². The highest BCUT2D eigenvalue weighted by atomic mass is 15.2. The topological polar surface area (TPSA) is 42.1 Å². The Kier molecular flexibility index (Phi) is 4.14. The van der Waals surface area contributed by atoms with Gasteiger partial charge in [-0.05, 0) is 37.2 Å². The van der Waals surface area contributed by atoms with Gasteiger partial charge in [0.1, 0.15) is 5.82 Å². The lowest BCUT2D eigenvalue weighted by Gasteiger charge is -2.40. The van der Waals surface area contributed by atoms with Crippen LogP contribution in [0.1, 0.15) is 52.1 Å². The summed E-state index contributed by atoms with van der Waals surface area (Å²) in [6.45, 7) is 11.3. The van der Waals surface area contributed by atoms with E-state index in [-0.39, 0.29) is 6.04 Å². The standard InChI is InChI=1S/C16H27N3/c1-12(17)14-6-5-9-18-15(14)19-10-7-13(8-11-19)16(2,3)4/h5-6,9,12-13H,7-8,10-11,17H2,1-4H3/t12-/m0/s1. The number of anilines is 1. The van der Waals surface area contributed by atoms with Crippen molar-refractivity contribution in [3.8, 4) is 0 Å². The van der Waals surface area contributed by atoms with Gasteiger partial charge in [0, 0.05) is 30.9 Å². The third-order valence-corrected chi connectivity index (χ3v) is 4.33. The van der Waals surface area contributed by atoms with Crippen LogP contribution in [-0.4, -0.2) is 18.1 Å². The van der Waals surface area contributed by atoms with Crippen LogP contribution in [0, 0.1) is 11.3 Å². The van der Waals surface area contributed by atoms with E-state index in [2.05, 4.69) is 36.7 Å². The van der Waals surface area contributed by atoms with Crippen molar-refractivity contribution in [2.75, 3.05) is 18.0 Å². The van der Waals surface area contributed by atoms with Crippen LogP contribution >= 0.6 is 0 Å². The molecule has 106 valence electrons. The first-order valence-electron chi connectivity index (χ1n) is 7.35. The van der Waals surface area contributed by atoms with Crippen LogP contribution in [0.3, 0.4) is 0 Å². The van der Waals surface area contributed by atoms with Gasteiger partial charge in [-0.2, -0.15) is 0 Å². The van der Waals surface area contributed by atoms with Crippen LogP contribution in [-0.2, 0) is 0 Å². The van der Waals surface area contributed by atoms with Crippen LogP contribution in [0.4, 0.5) is 5.82 Å². The number of aromatic nitrogens is 1. The normalized spacial score (nSPS) is 19.5. The zero-order valence-corrected chi connectivity index (χ0v) is 12.7. The van der Waals surface area contributed by atoms with E-state index in [9.17, 15) is 0 Å². The monoisotopic (exact) mass is 261 g/mol. The fraction of sp³-hybridized carbons (Fsp3) is 0.688. The van der Waals surface area contributed by atoms with Gasteiger partial charge in [-0.15, -0.1) is 0 Å². The van der Waals surface area contributed by atoms with E-state index in [1.807, 2.05) is 19.2 Å². The van der Waals surface area contributed by atoms with Crippen LogP contribution in [0.25, 0.3) is 0 Å². The van der Waals surface area contributed by atoms with Crippen molar-refractivity contribution in [1.29, 1.82) is 0 Å². The minimum atomic E-state index is 0.0454. The highest BCUT2D eigenvalue weighted by Crippen LogP contribution is 2.36. The number of nitrogens with zero attached hydrogens (tertiary/aromatic N) is 2. The lowest BCUT2D eigenvalue weighted by Crippen LogP contribution is -2.39. The number of pyridine rings is 1. The molecular weight excluding hydrogens is 234 g/mol. The van der Waals surface area contributed by atoms with Gasteiger partial charge in [-0.1, -0.05) is 26.8 Å². The Morgan fingerprint density at radius 3 is 2.47 bits per heavy atom. The second-order valence-electron chi connectivity index (χ2n) is 6.83. The van der Waals surface area contributed by atoms with Gasteiger partial charge < -0.3 is 10.6 Å². The Balaban J connectivity index is 2.10. The molecule has 1 atom stereocenters. The number of nitrogens with two attached hydrogens (primary N) is 1. The molecule has 19 heavy (non-hydrogen) atoms. The summed E-state index contributed by atoms with van der Waals surface area (Å²) in [5.74, 6) is 1.90. The van der Waals surface area contributed by atoms with Crippen LogP contribution < -0.4 is 10.6 Å². The Bertz CT molecular complexity index is 412. The number of hydrogen-bond donors (Lipinski definition) is 1. The van der Waals surface area contributed by atoms with E-state index >= 15 is 0 Å². The number of rotatable bonds is 2. The smallest absolute Gasteiger partial charge is 0.133 e. The maximum absolute atomic E-state index is 6.05. The molecule has 1 aliphatic rings. The molecule has 0 radical (unpaired) electrons. The van der Waals surface area contributed by atoms with Gasteiger partial charge in [0.05, 0.1) is 0 Å². The fourth-order valence-electron chi connectivity index (χ4n) is 2.99. The number of hydrogen-bond acceptors (Lipinski definition) is 3. The van der Waals surface area contributed by atoms with Crippen molar-refractivity contribution >= 4 is 5.82 Å². The lowest BCUT2D eigenvalue weighted by molar-refractivity contribution is 0.198. The highest BCUT2D eigenvalue weighted by Gasteiger charge is 2.29. The summed E-state index contributed by atoms with van der Waals surface area (Å²) < 4.78 is 0. The Labute approximate surface area is 117 Å². The summed E-state index contributed by atoms with van der Waals surface area (Å²) in [6, 6.07) is 4.12. The lowest BCUT2D eigenvalue weighted by atomic mass is 9.75. The average Bonchev–Trinajstić information content (AvgIpc) is 2.38. The second kappa shape index (κ2) is 5.49. The third-order valence-electron chi connectivity index (χ3n) is 4.33. The minimum absolute atomic E-state index is 0.0454. The van der Waals surface area contributed by atoms with Crippen LogP contribution in [0.15, 0.2) is 18.3 Å². The maximum Gasteiger partial charge on any atom is 0.133 e. The SMILES string of the molecule is C[C@H](N)c1cccnc1N1CCC(C(C)(C)C)CC1. The molecule has 0 unspecified atom stereocenters. The van der Waals surface area contributed by atoms with Gasteiger partial charge >= 0.3 is 0 Å². The van der Waals surface area contributed by atoms with Crippen molar-refractivity contribution in [2.45, 2.75) is 46.6 Å². The van der Waals surface area contributed by atoms with Crippen molar-refractivity contribution in [2.24, 2.45) is 17.1 Å². The van der Waals surface area contributed by atoms with Gasteiger partial charge in [-0.25, -0.2) is 4.98 Å². The van der Waals surface area contributed by atoms with E-state index in [0.29, 0.717) is 5.41 Å². The molecule has 1 aromatic heterocycles. The molecule has 0 amide bonds. The first kappa shape index (κ1) is 14.3. The molecule has 2 N–H and O–H groups in total. The molecule has 0 saturated carbocycles. The van der Waals surface area contributed by atoms with E-state index < -0.39 is 0 Å². The van der Waals surface area contributed by atoms with Crippen molar-refractivity contribution in [3.05, 3.63) is 23.9 Å². The zero-order valence-electron chi connectivity index (χ0n) is 12.7. The van der Waals surface area contributed by atoms with E-state index in [4.69, 9.17) is 5.73 Å². The Morgan fingerprint density at radius 1 is 1.32 bits per heavy atom. The maximum atomic E-state index is 6.05. The largest absolute Gasteiger partial charge is 0.356 e. The molecule has 0 aliphatic carbocycles. The first-order valence-corrected chi connectivity index (χ1v) is 7.35. The van der Waals surface area contributed by atoms with Crippen molar-refractivity contribution in [3.63, 3.8) is 0 Å². The Morgan fingerprint density at radius 2 is 1.95 bits per heavy atom.